The Hall–Kier alpha value is -0.740. The normalized spacial score (nSPS) is 20.9. The number of ether oxygens (including phenoxy) is 1. The standard InChI is InChI=1S/C12H15N2O2PS/c1-17(15,14-6-8-16-9-7-14)12-13-10-4-2-3-5-11(10)18-12/h2-5H,6-9H2,1H3. The van der Waals surface area contributed by atoms with Crippen LogP contribution in [0.2, 0.25) is 0 Å². The molecule has 4 nitrogen and oxygen atoms in total. The third-order valence-corrected chi connectivity index (χ3v) is 7.58. The number of thiazole rings is 1. The van der Waals surface area contributed by atoms with Gasteiger partial charge in [0.2, 0.25) is 7.29 Å². The molecule has 1 aromatic heterocycles. The molecule has 0 aliphatic carbocycles. The summed E-state index contributed by atoms with van der Waals surface area (Å²) >= 11 is 1.54. The molecule has 1 aliphatic heterocycles. The quantitative estimate of drug-likeness (QED) is 0.792. The molecule has 2 heterocycles. The Morgan fingerprint density at radius 3 is 2.78 bits per heavy atom. The third kappa shape index (κ3) is 2.12. The van der Waals surface area contributed by atoms with Gasteiger partial charge in [-0.05, 0) is 12.1 Å². The number of aromatic nitrogens is 1. The molecule has 1 saturated heterocycles. The van der Waals surface area contributed by atoms with E-state index >= 15 is 0 Å². The molecule has 3 rings (SSSR count). The van der Waals surface area contributed by atoms with Gasteiger partial charge in [0.05, 0.1) is 23.4 Å². The second-order valence-corrected chi connectivity index (χ2v) is 8.49. The van der Waals surface area contributed by atoms with Crippen LogP contribution in [0.1, 0.15) is 0 Å². The van der Waals surface area contributed by atoms with E-state index in [0.717, 1.165) is 28.1 Å². The molecule has 0 saturated carbocycles. The minimum atomic E-state index is -2.53. The zero-order valence-corrected chi connectivity index (χ0v) is 11.9. The Morgan fingerprint density at radius 1 is 1.33 bits per heavy atom. The summed E-state index contributed by atoms with van der Waals surface area (Å²) in [7, 11) is -2.53. The van der Waals surface area contributed by atoms with Crippen LogP contribution in [0, 0.1) is 0 Å². The molecule has 0 spiro atoms. The predicted octanol–water partition coefficient (Wildman–Crippen LogP) is 2.16. The molecular formula is C12H15N2O2PS. The average Bonchev–Trinajstić information content (AvgIpc) is 2.84. The summed E-state index contributed by atoms with van der Waals surface area (Å²) in [5.74, 6) is 0. The molecule has 96 valence electrons. The van der Waals surface area contributed by atoms with E-state index in [-0.39, 0.29) is 0 Å². The number of rotatable bonds is 2. The molecule has 0 bridgehead atoms. The van der Waals surface area contributed by atoms with Gasteiger partial charge in [-0.3, -0.25) is 4.57 Å². The van der Waals surface area contributed by atoms with Gasteiger partial charge in [-0.15, -0.1) is 11.3 Å². The molecule has 18 heavy (non-hydrogen) atoms. The van der Waals surface area contributed by atoms with Crippen molar-refractivity contribution < 1.29 is 9.30 Å². The molecule has 0 amide bonds. The molecule has 1 unspecified atom stereocenters. The van der Waals surface area contributed by atoms with Crippen molar-refractivity contribution in [2.45, 2.75) is 0 Å². The van der Waals surface area contributed by atoms with Crippen molar-refractivity contribution in [3.05, 3.63) is 24.3 Å². The highest BCUT2D eigenvalue weighted by Gasteiger charge is 2.31. The first-order valence-corrected chi connectivity index (χ1v) is 8.87. The fourth-order valence-corrected chi connectivity index (χ4v) is 5.58. The van der Waals surface area contributed by atoms with Gasteiger partial charge in [0.1, 0.15) is 0 Å². The first kappa shape index (κ1) is 12.3. The summed E-state index contributed by atoms with van der Waals surface area (Å²) in [5, 5.41) is 0. The summed E-state index contributed by atoms with van der Waals surface area (Å²) in [4.78, 5) is 4.53. The van der Waals surface area contributed by atoms with Crippen molar-refractivity contribution in [3.63, 3.8) is 0 Å². The lowest BCUT2D eigenvalue weighted by atomic mass is 10.3. The van der Waals surface area contributed by atoms with Gasteiger partial charge in [0.15, 0.2) is 4.75 Å². The molecule has 1 aromatic carbocycles. The van der Waals surface area contributed by atoms with Gasteiger partial charge >= 0.3 is 0 Å². The Morgan fingerprint density at radius 2 is 2.06 bits per heavy atom. The SMILES string of the molecule is CP(=O)(c1nc2ccccc2s1)N1CCOCC1. The highest BCUT2D eigenvalue weighted by atomic mass is 32.1. The van der Waals surface area contributed by atoms with Crippen LogP contribution in [-0.2, 0) is 9.30 Å². The van der Waals surface area contributed by atoms with Crippen LogP contribution in [0.3, 0.4) is 0 Å². The fourth-order valence-electron chi connectivity index (χ4n) is 2.09. The first-order chi connectivity index (χ1) is 8.68. The van der Waals surface area contributed by atoms with E-state index in [1.807, 2.05) is 35.6 Å². The summed E-state index contributed by atoms with van der Waals surface area (Å²) in [6.07, 6.45) is 0. The molecule has 0 N–H and O–H groups in total. The van der Waals surface area contributed by atoms with Gasteiger partial charge in [0.25, 0.3) is 0 Å². The van der Waals surface area contributed by atoms with Crippen LogP contribution in [0.15, 0.2) is 24.3 Å². The van der Waals surface area contributed by atoms with Crippen LogP contribution in [0.25, 0.3) is 10.2 Å². The third-order valence-electron chi connectivity index (χ3n) is 3.16. The summed E-state index contributed by atoms with van der Waals surface area (Å²) in [6, 6.07) is 7.94. The predicted molar refractivity (Wildman–Crippen MR) is 75.2 cm³/mol. The van der Waals surface area contributed by atoms with E-state index < -0.39 is 7.29 Å². The van der Waals surface area contributed by atoms with Gasteiger partial charge < -0.3 is 4.74 Å². The number of morpholine rings is 1. The number of para-hydroxylation sites is 1. The lowest BCUT2D eigenvalue weighted by molar-refractivity contribution is 0.0729. The fraction of sp³-hybridized carbons (Fsp3) is 0.417. The maximum absolute atomic E-state index is 13.0. The number of hydrogen-bond acceptors (Lipinski definition) is 4. The van der Waals surface area contributed by atoms with Gasteiger partial charge in [-0.1, -0.05) is 12.1 Å². The van der Waals surface area contributed by atoms with Crippen molar-refractivity contribution in [2.75, 3.05) is 33.0 Å². The first-order valence-electron chi connectivity index (χ1n) is 5.95. The molecule has 1 atom stereocenters. The van der Waals surface area contributed by atoms with Crippen LogP contribution in [0.5, 0.6) is 0 Å². The zero-order valence-electron chi connectivity index (χ0n) is 10.2. The summed E-state index contributed by atoms with van der Waals surface area (Å²) in [5.41, 5.74) is 0.938. The van der Waals surface area contributed by atoms with Crippen LogP contribution in [-0.4, -0.2) is 42.6 Å². The van der Waals surface area contributed by atoms with Crippen LogP contribution < -0.4 is 4.75 Å². The van der Waals surface area contributed by atoms with Crippen molar-refractivity contribution in [3.8, 4) is 0 Å². The average molecular weight is 282 g/mol. The van der Waals surface area contributed by atoms with E-state index in [4.69, 9.17) is 4.74 Å². The lowest BCUT2D eigenvalue weighted by Crippen LogP contribution is -2.36. The van der Waals surface area contributed by atoms with Gasteiger partial charge in [0, 0.05) is 19.8 Å². The van der Waals surface area contributed by atoms with Crippen LogP contribution in [0.4, 0.5) is 0 Å². The minimum absolute atomic E-state index is 0.655. The Bertz CT molecular complexity index is 574. The number of fused-ring (bicyclic) bond motifs is 1. The van der Waals surface area contributed by atoms with E-state index in [0.29, 0.717) is 13.2 Å². The van der Waals surface area contributed by atoms with Gasteiger partial charge in [-0.2, -0.15) is 0 Å². The smallest absolute Gasteiger partial charge is 0.203 e. The van der Waals surface area contributed by atoms with Crippen molar-refractivity contribution in [1.29, 1.82) is 0 Å². The summed E-state index contributed by atoms with van der Waals surface area (Å²) < 4.78 is 22.1. The van der Waals surface area contributed by atoms with Crippen molar-refractivity contribution in [1.82, 2.24) is 9.65 Å². The Labute approximate surface area is 110 Å². The largest absolute Gasteiger partial charge is 0.379 e. The lowest BCUT2D eigenvalue weighted by Gasteiger charge is -2.30. The van der Waals surface area contributed by atoms with Crippen LogP contribution >= 0.6 is 18.6 Å². The van der Waals surface area contributed by atoms with E-state index in [1.54, 1.807) is 11.3 Å². The topological polar surface area (TPSA) is 42.4 Å². The molecule has 1 fully saturated rings. The second-order valence-electron chi connectivity index (χ2n) is 4.41. The highest BCUT2D eigenvalue weighted by Crippen LogP contribution is 2.46. The summed E-state index contributed by atoms with van der Waals surface area (Å²) in [6.45, 7) is 4.58. The van der Waals surface area contributed by atoms with Crippen molar-refractivity contribution >= 4 is 33.6 Å². The molecular weight excluding hydrogens is 267 g/mol. The van der Waals surface area contributed by atoms with Crippen molar-refractivity contribution in [2.24, 2.45) is 0 Å². The Balaban J connectivity index is 1.99. The maximum atomic E-state index is 13.0. The van der Waals surface area contributed by atoms with E-state index in [2.05, 4.69) is 4.98 Å². The second kappa shape index (κ2) is 4.74. The maximum Gasteiger partial charge on any atom is 0.203 e. The number of nitrogens with zero attached hydrogens (tertiary/aromatic N) is 2. The zero-order chi connectivity index (χ0) is 12.6. The van der Waals surface area contributed by atoms with E-state index in [9.17, 15) is 4.57 Å². The highest BCUT2D eigenvalue weighted by molar-refractivity contribution is 7.74. The van der Waals surface area contributed by atoms with Gasteiger partial charge in [-0.25, -0.2) is 9.65 Å². The molecule has 2 aromatic rings. The van der Waals surface area contributed by atoms with E-state index in [1.165, 1.54) is 0 Å². The minimum Gasteiger partial charge on any atom is -0.379 e. The molecule has 6 heteroatoms. The number of hydrogen-bond donors (Lipinski definition) is 0. The Kier molecular flexibility index (Phi) is 3.24. The molecule has 0 radical (unpaired) electrons. The monoisotopic (exact) mass is 282 g/mol. The molecule has 1 aliphatic rings. The number of benzene rings is 1.